The molecule has 0 aromatic carbocycles. The van der Waals surface area contributed by atoms with Crippen LogP contribution in [-0.4, -0.2) is 29.6 Å². The molecular weight excluding hydrogens is 154 g/mol. The summed E-state index contributed by atoms with van der Waals surface area (Å²) >= 11 is 0. The molecule has 3 nitrogen and oxygen atoms in total. The van der Waals surface area contributed by atoms with E-state index in [-0.39, 0.29) is 6.04 Å². The van der Waals surface area contributed by atoms with Crippen molar-refractivity contribution in [3.05, 3.63) is 0 Å². The fourth-order valence-corrected chi connectivity index (χ4v) is 0.788. The first kappa shape index (κ1) is 11.6. The van der Waals surface area contributed by atoms with Gasteiger partial charge in [0, 0.05) is 6.04 Å². The lowest BCUT2D eigenvalue weighted by Crippen LogP contribution is -2.46. The molecule has 0 fully saturated rings. The molecule has 0 saturated carbocycles. The van der Waals surface area contributed by atoms with Crippen molar-refractivity contribution >= 4 is 6.29 Å². The molecule has 0 aliphatic carbocycles. The Kier molecular flexibility index (Phi) is 5.09. The normalized spacial score (nSPS) is 18.8. The molecule has 0 aromatic heterocycles. The molecule has 1 unspecified atom stereocenters. The van der Waals surface area contributed by atoms with E-state index in [0.717, 1.165) is 6.29 Å². The summed E-state index contributed by atoms with van der Waals surface area (Å²) in [6.07, 6.45) is 0.132. The Hall–Kier alpha value is -0.410. The van der Waals surface area contributed by atoms with Gasteiger partial charge in [0.1, 0.15) is 6.29 Å². The highest BCUT2D eigenvalue weighted by Gasteiger charge is 2.17. The van der Waals surface area contributed by atoms with Gasteiger partial charge in [0.15, 0.2) is 0 Å². The highest BCUT2D eigenvalue weighted by Crippen LogP contribution is 2.02. The molecule has 2 N–H and O–H groups in total. The molecule has 0 heterocycles. The van der Waals surface area contributed by atoms with E-state index in [2.05, 4.69) is 19.2 Å². The van der Waals surface area contributed by atoms with E-state index in [4.69, 9.17) is 5.11 Å². The first-order valence-corrected chi connectivity index (χ1v) is 4.38. The lowest BCUT2D eigenvalue weighted by molar-refractivity contribution is -0.112. The van der Waals surface area contributed by atoms with Crippen LogP contribution >= 0.6 is 0 Å². The second kappa shape index (κ2) is 5.27. The standard InChI is InChI=1S/C9H19NO2/c1-6(2)7(3)10-9(5-11)8(4)12/h5-10,12H,1-4H3/t7?,8-,9-/m1/s1. The molecule has 0 spiro atoms. The summed E-state index contributed by atoms with van der Waals surface area (Å²) in [6, 6.07) is -0.197. The van der Waals surface area contributed by atoms with Crippen molar-refractivity contribution in [1.82, 2.24) is 5.32 Å². The smallest absolute Gasteiger partial charge is 0.139 e. The maximum atomic E-state index is 10.5. The van der Waals surface area contributed by atoms with E-state index in [1.54, 1.807) is 6.92 Å². The topological polar surface area (TPSA) is 49.3 Å². The minimum atomic E-state index is -0.622. The lowest BCUT2D eigenvalue weighted by Gasteiger charge is -2.23. The summed E-state index contributed by atoms with van der Waals surface area (Å²) in [7, 11) is 0. The Morgan fingerprint density at radius 2 is 1.75 bits per heavy atom. The minimum Gasteiger partial charge on any atom is -0.391 e. The van der Waals surface area contributed by atoms with E-state index >= 15 is 0 Å². The van der Waals surface area contributed by atoms with Gasteiger partial charge in [-0.25, -0.2) is 0 Å². The minimum absolute atomic E-state index is 0.245. The molecule has 0 saturated heterocycles. The third-order valence-corrected chi connectivity index (χ3v) is 2.12. The third-order valence-electron chi connectivity index (χ3n) is 2.12. The molecule has 3 atom stereocenters. The predicted octanol–water partition coefficient (Wildman–Crippen LogP) is 0.569. The van der Waals surface area contributed by atoms with Crippen LogP contribution in [0.3, 0.4) is 0 Å². The zero-order valence-electron chi connectivity index (χ0n) is 8.24. The van der Waals surface area contributed by atoms with Crippen LogP contribution in [0.15, 0.2) is 0 Å². The van der Waals surface area contributed by atoms with Crippen LogP contribution < -0.4 is 5.32 Å². The summed E-state index contributed by atoms with van der Waals surface area (Å²) in [4.78, 5) is 10.5. The molecule has 0 bridgehead atoms. The van der Waals surface area contributed by atoms with Gasteiger partial charge in [-0.05, 0) is 19.8 Å². The van der Waals surface area contributed by atoms with Gasteiger partial charge in [0.25, 0.3) is 0 Å². The highest BCUT2D eigenvalue weighted by atomic mass is 16.3. The average molecular weight is 173 g/mol. The van der Waals surface area contributed by atoms with Crippen molar-refractivity contribution in [2.45, 2.75) is 45.9 Å². The van der Waals surface area contributed by atoms with E-state index in [0.29, 0.717) is 5.92 Å². The molecule has 12 heavy (non-hydrogen) atoms. The quantitative estimate of drug-likeness (QED) is 0.597. The second-order valence-electron chi connectivity index (χ2n) is 3.60. The zero-order chi connectivity index (χ0) is 9.72. The molecule has 0 aliphatic heterocycles. The Bertz CT molecular complexity index is 134. The van der Waals surface area contributed by atoms with Gasteiger partial charge in [-0.2, -0.15) is 0 Å². The van der Waals surface area contributed by atoms with Crippen LogP contribution in [0.5, 0.6) is 0 Å². The Balaban J connectivity index is 3.93. The maximum Gasteiger partial charge on any atom is 0.139 e. The zero-order valence-corrected chi connectivity index (χ0v) is 8.24. The number of hydrogen-bond acceptors (Lipinski definition) is 3. The maximum absolute atomic E-state index is 10.5. The number of rotatable bonds is 5. The summed E-state index contributed by atoms with van der Waals surface area (Å²) in [5.41, 5.74) is 0. The summed E-state index contributed by atoms with van der Waals surface area (Å²) in [6.45, 7) is 7.76. The van der Waals surface area contributed by atoms with Crippen molar-refractivity contribution < 1.29 is 9.90 Å². The number of carbonyl (C=O) groups excluding carboxylic acids is 1. The van der Waals surface area contributed by atoms with Crippen molar-refractivity contribution in [2.75, 3.05) is 0 Å². The van der Waals surface area contributed by atoms with Crippen molar-refractivity contribution in [3.8, 4) is 0 Å². The lowest BCUT2D eigenvalue weighted by atomic mass is 10.0. The van der Waals surface area contributed by atoms with Gasteiger partial charge in [-0.3, -0.25) is 0 Å². The number of nitrogens with one attached hydrogen (secondary N) is 1. The number of hydrogen-bond donors (Lipinski definition) is 2. The van der Waals surface area contributed by atoms with Gasteiger partial charge < -0.3 is 15.2 Å². The largest absolute Gasteiger partial charge is 0.391 e. The van der Waals surface area contributed by atoms with E-state index < -0.39 is 12.1 Å². The van der Waals surface area contributed by atoms with E-state index in [1.807, 2.05) is 6.92 Å². The first-order chi connectivity index (χ1) is 5.49. The molecule has 0 aliphatic rings. The Morgan fingerprint density at radius 1 is 1.25 bits per heavy atom. The van der Waals surface area contributed by atoms with Crippen molar-refractivity contribution in [2.24, 2.45) is 5.92 Å². The highest BCUT2D eigenvalue weighted by molar-refractivity contribution is 5.58. The molecule has 72 valence electrons. The van der Waals surface area contributed by atoms with Crippen LogP contribution in [-0.2, 0) is 4.79 Å². The number of aliphatic hydroxyl groups excluding tert-OH is 1. The fraction of sp³-hybridized carbons (Fsp3) is 0.889. The van der Waals surface area contributed by atoms with Crippen LogP contribution in [0.2, 0.25) is 0 Å². The third kappa shape index (κ3) is 3.83. The number of aliphatic hydroxyl groups is 1. The van der Waals surface area contributed by atoms with Crippen molar-refractivity contribution in [1.29, 1.82) is 0 Å². The summed E-state index contributed by atoms with van der Waals surface area (Å²) in [5.74, 6) is 0.464. The molecule has 0 amide bonds. The van der Waals surface area contributed by atoms with Gasteiger partial charge in [-0.15, -0.1) is 0 Å². The van der Waals surface area contributed by atoms with E-state index in [9.17, 15) is 4.79 Å². The molecule has 0 aromatic rings. The van der Waals surface area contributed by atoms with Crippen LogP contribution in [0, 0.1) is 5.92 Å². The SMILES string of the molecule is CC(C)C(C)N[C@H](C=O)[C@@H](C)O. The first-order valence-electron chi connectivity index (χ1n) is 4.38. The molecule has 0 rings (SSSR count). The van der Waals surface area contributed by atoms with Crippen LogP contribution in [0.1, 0.15) is 27.7 Å². The Labute approximate surface area is 74.2 Å². The molecular formula is C9H19NO2. The van der Waals surface area contributed by atoms with Crippen molar-refractivity contribution in [3.63, 3.8) is 0 Å². The number of aldehydes is 1. The second-order valence-corrected chi connectivity index (χ2v) is 3.60. The Morgan fingerprint density at radius 3 is 2.00 bits per heavy atom. The van der Waals surface area contributed by atoms with Gasteiger partial charge in [0.05, 0.1) is 12.1 Å². The van der Waals surface area contributed by atoms with E-state index in [1.165, 1.54) is 0 Å². The monoisotopic (exact) mass is 173 g/mol. The summed E-state index contributed by atoms with van der Waals surface area (Å²) < 4.78 is 0. The van der Waals surface area contributed by atoms with Crippen LogP contribution in [0.4, 0.5) is 0 Å². The average Bonchev–Trinajstić information content (AvgIpc) is 1.98. The molecule has 3 heteroatoms. The van der Waals surface area contributed by atoms with Gasteiger partial charge in [0.2, 0.25) is 0 Å². The fourth-order valence-electron chi connectivity index (χ4n) is 0.788. The predicted molar refractivity (Wildman–Crippen MR) is 49.0 cm³/mol. The van der Waals surface area contributed by atoms with Crippen LogP contribution in [0.25, 0.3) is 0 Å². The number of carbonyl (C=O) groups is 1. The van der Waals surface area contributed by atoms with Gasteiger partial charge >= 0.3 is 0 Å². The molecule has 0 radical (unpaired) electrons. The summed E-state index contributed by atoms with van der Waals surface area (Å²) in [5, 5.41) is 12.2. The van der Waals surface area contributed by atoms with Gasteiger partial charge in [-0.1, -0.05) is 13.8 Å².